The standard InChI is InChI=1S/C35H46N2S/c1-4-30-18-19-33(23-26(30)2)32-16-13-29(14-17-32)25-37(27(3)31-10-6-5-7-11-31)34-12-8-9-28(24-34)15-20-35-36-21-22-38-35/h8-9,12,18-19,21-24,29,31-32H,3-7,10-11,13-17,20,25H2,1-2H3. The van der Waals surface area contributed by atoms with E-state index in [0.717, 1.165) is 37.6 Å². The molecule has 2 aliphatic rings. The highest BCUT2D eigenvalue weighted by Gasteiger charge is 2.28. The van der Waals surface area contributed by atoms with Crippen LogP contribution in [-0.4, -0.2) is 11.5 Å². The molecule has 2 aliphatic carbocycles. The number of aromatic nitrogens is 1. The summed E-state index contributed by atoms with van der Waals surface area (Å²) in [6.45, 7) is 10.4. The Bertz CT molecular complexity index is 1170. The molecule has 2 fully saturated rings. The first-order valence-electron chi connectivity index (χ1n) is 15.1. The summed E-state index contributed by atoms with van der Waals surface area (Å²) in [6, 6.07) is 16.6. The Morgan fingerprint density at radius 1 is 0.974 bits per heavy atom. The van der Waals surface area contributed by atoms with Gasteiger partial charge in [0.25, 0.3) is 0 Å². The van der Waals surface area contributed by atoms with Crippen molar-refractivity contribution in [2.24, 2.45) is 11.8 Å². The molecule has 0 amide bonds. The second-order valence-electron chi connectivity index (χ2n) is 11.8. The second kappa shape index (κ2) is 13.1. The number of anilines is 1. The van der Waals surface area contributed by atoms with Gasteiger partial charge < -0.3 is 4.90 Å². The predicted octanol–water partition coefficient (Wildman–Crippen LogP) is 9.67. The fraction of sp³-hybridized carbons (Fsp3) is 0.514. The van der Waals surface area contributed by atoms with Crippen LogP contribution in [0.4, 0.5) is 5.69 Å². The summed E-state index contributed by atoms with van der Waals surface area (Å²) in [5.41, 5.74) is 8.66. The Hall–Kier alpha value is -2.39. The molecule has 0 atom stereocenters. The van der Waals surface area contributed by atoms with Gasteiger partial charge in [0.2, 0.25) is 0 Å². The van der Waals surface area contributed by atoms with Crippen molar-refractivity contribution in [2.75, 3.05) is 11.4 Å². The van der Waals surface area contributed by atoms with E-state index in [9.17, 15) is 0 Å². The van der Waals surface area contributed by atoms with Gasteiger partial charge in [-0.3, -0.25) is 0 Å². The van der Waals surface area contributed by atoms with Crippen LogP contribution < -0.4 is 4.90 Å². The van der Waals surface area contributed by atoms with Crippen molar-refractivity contribution in [2.45, 2.75) is 96.8 Å². The van der Waals surface area contributed by atoms with Crippen molar-refractivity contribution in [3.05, 3.63) is 93.6 Å². The van der Waals surface area contributed by atoms with E-state index in [1.165, 1.54) is 90.9 Å². The highest BCUT2D eigenvalue weighted by molar-refractivity contribution is 7.09. The molecule has 0 spiro atoms. The van der Waals surface area contributed by atoms with E-state index in [1.54, 1.807) is 16.9 Å². The summed E-state index contributed by atoms with van der Waals surface area (Å²) >= 11 is 1.76. The van der Waals surface area contributed by atoms with Gasteiger partial charge in [0.05, 0.1) is 5.01 Å². The van der Waals surface area contributed by atoms with E-state index in [0.29, 0.717) is 5.92 Å². The largest absolute Gasteiger partial charge is 0.345 e. The number of benzene rings is 2. The van der Waals surface area contributed by atoms with Gasteiger partial charge in [0, 0.05) is 35.9 Å². The molecule has 3 aromatic rings. The minimum atomic E-state index is 0.638. The van der Waals surface area contributed by atoms with Crippen molar-refractivity contribution in [3.8, 4) is 0 Å². The quantitative estimate of drug-likeness (QED) is 0.261. The third kappa shape index (κ3) is 6.78. The van der Waals surface area contributed by atoms with E-state index in [-0.39, 0.29) is 0 Å². The summed E-state index contributed by atoms with van der Waals surface area (Å²) in [5.74, 6) is 2.10. The summed E-state index contributed by atoms with van der Waals surface area (Å²) in [5, 5.41) is 3.31. The molecule has 0 bridgehead atoms. The normalized spacial score (nSPS) is 20.4. The van der Waals surface area contributed by atoms with Gasteiger partial charge in [-0.05, 0) is 110 Å². The number of allylic oxidation sites excluding steroid dienone is 1. The molecule has 5 rings (SSSR count). The van der Waals surface area contributed by atoms with Gasteiger partial charge in [-0.1, -0.05) is 63.1 Å². The molecular weight excluding hydrogens is 480 g/mol. The van der Waals surface area contributed by atoms with Gasteiger partial charge in [-0.15, -0.1) is 11.3 Å². The number of nitrogens with zero attached hydrogens (tertiary/aromatic N) is 2. The summed E-state index contributed by atoms with van der Waals surface area (Å²) in [7, 11) is 0. The molecule has 0 aliphatic heterocycles. The molecule has 2 saturated carbocycles. The van der Waals surface area contributed by atoms with E-state index in [1.807, 2.05) is 6.20 Å². The first kappa shape index (κ1) is 27.2. The first-order chi connectivity index (χ1) is 18.6. The van der Waals surface area contributed by atoms with Crippen molar-refractivity contribution in [1.29, 1.82) is 0 Å². The molecule has 2 nitrogen and oxygen atoms in total. The topological polar surface area (TPSA) is 16.1 Å². The van der Waals surface area contributed by atoms with Gasteiger partial charge in [-0.2, -0.15) is 0 Å². The highest BCUT2D eigenvalue weighted by atomic mass is 32.1. The lowest BCUT2D eigenvalue weighted by molar-refractivity contribution is 0.323. The summed E-state index contributed by atoms with van der Waals surface area (Å²) in [4.78, 5) is 7.12. The number of rotatable bonds is 10. The van der Waals surface area contributed by atoms with Crippen LogP contribution in [-0.2, 0) is 19.3 Å². The smallest absolute Gasteiger partial charge is 0.0928 e. The fourth-order valence-electron chi connectivity index (χ4n) is 6.86. The van der Waals surface area contributed by atoms with Crippen molar-refractivity contribution in [3.63, 3.8) is 0 Å². The molecule has 3 heteroatoms. The van der Waals surface area contributed by atoms with Gasteiger partial charge in [0.1, 0.15) is 0 Å². The van der Waals surface area contributed by atoms with Gasteiger partial charge in [-0.25, -0.2) is 4.98 Å². The van der Waals surface area contributed by atoms with E-state index < -0.39 is 0 Å². The maximum atomic E-state index is 4.74. The molecule has 1 aromatic heterocycles. The third-order valence-corrected chi connectivity index (χ3v) is 10.1. The van der Waals surface area contributed by atoms with E-state index >= 15 is 0 Å². The summed E-state index contributed by atoms with van der Waals surface area (Å²) < 4.78 is 0. The van der Waals surface area contributed by atoms with Crippen LogP contribution in [0.2, 0.25) is 0 Å². The van der Waals surface area contributed by atoms with Gasteiger partial charge >= 0.3 is 0 Å². The lowest BCUT2D eigenvalue weighted by Gasteiger charge is -2.38. The number of hydrogen-bond acceptors (Lipinski definition) is 3. The lowest BCUT2D eigenvalue weighted by atomic mass is 9.77. The average molecular weight is 527 g/mol. The van der Waals surface area contributed by atoms with Crippen molar-refractivity contribution < 1.29 is 0 Å². The Balaban J connectivity index is 1.28. The van der Waals surface area contributed by atoms with Crippen LogP contribution in [0.5, 0.6) is 0 Å². The Kier molecular flexibility index (Phi) is 9.38. The van der Waals surface area contributed by atoms with E-state index in [2.05, 4.69) is 71.6 Å². The van der Waals surface area contributed by atoms with Crippen LogP contribution in [0, 0.1) is 18.8 Å². The third-order valence-electron chi connectivity index (χ3n) is 9.26. The number of hydrogen-bond donors (Lipinski definition) is 0. The molecule has 2 aromatic carbocycles. The second-order valence-corrected chi connectivity index (χ2v) is 12.8. The highest BCUT2D eigenvalue weighted by Crippen LogP contribution is 2.39. The Morgan fingerprint density at radius 2 is 1.79 bits per heavy atom. The minimum Gasteiger partial charge on any atom is -0.345 e. The first-order valence-corrected chi connectivity index (χ1v) is 16.0. The maximum absolute atomic E-state index is 4.74. The molecule has 0 unspecified atom stereocenters. The predicted molar refractivity (Wildman–Crippen MR) is 164 cm³/mol. The van der Waals surface area contributed by atoms with Crippen LogP contribution in [0.15, 0.2) is 66.3 Å². The van der Waals surface area contributed by atoms with Gasteiger partial charge in [0.15, 0.2) is 0 Å². The average Bonchev–Trinajstić information content (AvgIpc) is 3.49. The zero-order chi connectivity index (χ0) is 26.3. The van der Waals surface area contributed by atoms with Crippen LogP contribution >= 0.6 is 11.3 Å². The Labute approximate surface area is 235 Å². The van der Waals surface area contributed by atoms with E-state index in [4.69, 9.17) is 6.58 Å². The number of aryl methyl sites for hydroxylation is 4. The van der Waals surface area contributed by atoms with Crippen LogP contribution in [0.3, 0.4) is 0 Å². The molecule has 1 heterocycles. The molecule has 202 valence electrons. The minimum absolute atomic E-state index is 0.638. The SMILES string of the molecule is C=C(C1CCCCC1)N(CC1CCC(c2ccc(CC)c(C)c2)CC1)c1cccc(CCc2nccs2)c1. The molecule has 0 N–H and O–H groups in total. The van der Waals surface area contributed by atoms with Crippen LogP contribution in [0.25, 0.3) is 0 Å². The Morgan fingerprint density at radius 3 is 2.50 bits per heavy atom. The summed E-state index contributed by atoms with van der Waals surface area (Å²) in [6.07, 6.45) is 17.1. The van der Waals surface area contributed by atoms with Crippen molar-refractivity contribution in [1.82, 2.24) is 4.98 Å². The molecular formula is C35H46N2S. The molecule has 38 heavy (non-hydrogen) atoms. The molecule has 0 saturated heterocycles. The monoisotopic (exact) mass is 526 g/mol. The number of thiazole rings is 1. The molecule has 0 radical (unpaired) electrons. The van der Waals surface area contributed by atoms with Crippen LogP contribution in [0.1, 0.15) is 97.9 Å². The lowest BCUT2D eigenvalue weighted by Crippen LogP contribution is -2.34. The maximum Gasteiger partial charge on any atom is 0.0928 e. The zero-order valence-corrected chi connectivity index (χ0v) is 24.4. The fourth-order valence-corrected chi connectivity index (χ4v) is 7.48. The van der Waals surface area contributed by atoms with Crippen molar-refractivity contribution >= 4 is 17.0 Å². The zero-order valence-electron chi connectivity index (χ0n) is 23.6.